The quantitative estimate of drug-likeness (QED) is 0.713. The maximum absolute atomic E-state index is 12.5. The summed E-state index contributed by atoms with van der Waals surface area (Å²) in [5, 5.41) is 0. The molecule has 0 bridgehead atoms. The van der Waals surface area contributed by atoms with Crippen LogP contribution < -0.4 is 5.73 Å². The Bertz CT molecular complexity index is 341. The number of nitrogens with two attached hydrogens (primary N) is 1. The Balaban J connectivity index is 3.19. The molecular weight excluding hydrogens is 185 g/mol. The fourth-order valence-corrected chi connectivity index (χ4v) is 0.769. The lowest BCUT2D eigenvalue weighted by molar-refractivity contribution is 0.0993. The summed E-state index contributed by atoms with van der Waals surface area (Å²) in [5.74, 6) is -2.19. The maximum Gasteiger partial charge on any atom is 0.267 e. The summed E-state index contributed by atoms with van der Waals surface area (Å²) < 4.78 is 36.6. The maximum atomic E-state index is 12.5. The molecule has 0 saturated carbocycles. The van der Waals surface area contributed by atoms with Crippen molar-refractivity contribution in [2.45, 2.75) is 6.43 Å². The molecule has 3 nitrogen and oxygen atoms in total. The van der Waals surface area contributed by atoms with Crippen molar-refractivity contribution < 1.29 is 18.0 Å². The summed E-state index contributed by atoms with van der Waals surface area (Å²) in [5.41, 5.74) is 3.62. The normalized spacial score (nSPS) is 10.5. The third kappa shape index (κ3) is 2.17. The topological polar surface area (TPSA) is 56.0 Å². The molecule has 1 heterocycles. The van der Waals surface area contributed by atoms with Crippen molar-refractivity contribution in [3.05, 3.63) is 29.3 Å². The van der Waals surface area contributed by atoms with Gasteiger partial charge < -0.3 is 5.73 Å². The van der Waals surface area contributed by atoms with Crippen LogP contribution in [0, 0.1) is 5.95 Å². The van der Waals surface area contributed by atoms with E-state index in [9.17, 15) is 18.0 Å². The van der Waals surface area contributed by atoms with Crippen LogP contribution in [0.15, 0.2) is 12.1 Å². The van der Waals surface area contributed by atoms with Crippen molar-refractivity contribution in [2.24, 2.45) is 5.73 Å². The van der Waals surface area contributed by atoms with E-state index in [0.29, 0.717) is 6.07 Å². The van der Waals surface area contributed by atoms with E-state index in [-0.39, 0.29) is 0 Å². The van der Waals surface area contributed by atoms with Gasteiger partial charge in [-0.3, -0.25) is 4.79 Å². The molecule has 0 fully saturated rings. The van der Waals surface area contributed by atoms with Gasteiger partial charge in [0.1, 0.15) is 5.69 Å². The Kier molecular flexibility index (Phi) is 2.50. The number of rotatable bonds is 2. The van der Waals surface area contributed by atoms with Crippen LogP contribution in [0.1, 0.15) is 22.5 Å². The molecule has 1 amide bonds. The lowest BCUT2D eigenvalue weighted by Gasteiger charge is -2.00. The number of alkyl halides is 2. The zero-order valence-electron chi connectivity index (χ0n) is 6.30. The first-order valence-electron chi connectivity index (χ1n) is 3.26. The highest BCUT2D eigenvalue weighted by atomic mass is 19.3. The van der Waals surface area contributed by atoms with Crippen LogP contribution in [-0.2, 0) is 0 Å². The predicted octanol–water partition coefficient (Wildman–Crippen LogP) is 1.26. The number of aromatic nitrogens is 1. The third-order valence-electron chi connectivity index (χ3n) is 1.32. The average molecular weight is 190 g/mol. The molecule has 1 rings (SSSR count). The van der Waals surface area contributed by atoms with Gasteiger partial charge in [-0.05, 0) is 6.07 Å². The van der Waals surface area contributed by atoms with Gasteiger partial charge in [0.15, 0.2) is 0 Å². The van der Waals surface area contributed by atoms with Crippen molar-refractivity contribution in [2.75, 3.05) is 0 Å². The van der Waals surface area contributed by atoms with E-state index in [2.05, 4.69) is 4.98 Å². The van der Waals surface area contributed by atoms with E-state index in [1.807, 2.05) is 0 Å². The standard InChI is InChI=1S/C7H5F3N2O/c8-5-2-3(6(9)10)1-4(12-5)7(11)13/h1-2,6H,(H2,11,13). The molecule has 0 spiro atoms. The van der Waals surface area contributed by atoms with Gasteiger partial charge in [0, 0.05) is 11.6 Å². The Morgan fingerprint density at radius 3 is 2.54 bits per heavy atom. The van der Waals surface area contributed by atoms with Crippen LogP contribution in [-0.4, -0.2) is 10.9 Å². The predicted molar refractivity (Wildman–Crippen MR) is 37.7 cm³/mol. The second-order valence-corrected chi connectivity index (χ2v) is 2.27. The molecule has 0 aliphatic heterocycles. The third-order valence-corrected chi connectivity index (χ3v) is 1.32. The van der Waals surface area contributed by atoms with Gasteiger partial charge in [0.05, 0.1) is 0 Å². The van der Waals surface area contributed by atoms with E-state index < -0.39 is 29.5 Å². The number of halogens is 3. The number of primary amides is 1. The van der Waals surface area contributed by atoms with Gasteiger partial charge in [-0.2, -0.15) is 4.39 Å². The molecule has 6 heteroatoms. The number of carbonyl (C=O) groups excluding carboxylic acids is 1. The van der Waals surface area contributed by atoms with Crippen LogP contribution >= 0.6 is 0 Å². The number of amides is 1. The first kappa shape index (κ1) is 9.50. The Labute approximate surface area is 71.4 Å². The Morgan fingerprint density at radius 1 is 1.46 bits per heavy atom. The van der Waals surface area contributed by atoms with Crippen LogP contribution in [0.5, 0.6) is 0 Å². The van der Waals surface area contributed by atoms with Crippen molar-refractivity contribution in [3.8, 4) is 0 Å². The van der Waals surface area contributed by atoms with E-state index in [1.165, 1.54) is 0 Å². The van der Waals surface area contributed by atoms with Crippen LogP contribution in [0.25, 0.3) is 0 Å². The smallest absolute Gasteiger partial charge is 0.267 e. The monoisotopic (exact) mass is 190 g/mol. The second kappa shape index (κ2) is 3.42. The highest BCUT2D eigenvalue weighted by molar-refractivity contribution is 5.90. The number of hydrogen-bond donors (Lipinski definition) is 1. The molecular formula is C7H5F3N2O. The van der Waals surface area contributed by atoms with Crippen molar-refractivity contribution >= 4 is 5.91 Å². The highest BCUT2D eigenvalue weighted by Gasteiger charge is 2.13. The molecule has 0 saturated heterocycles. The largest absolute Gasteiger partial charge is 0.364 e. The molecule has 0 aliphatic rings. The summed E-state index contributed by atoms with van der Waals surface area (Å²) in [4.78, 5) is 13.5. The fraction of sp³-hybridized carbons (Fsp3) is 0.143. The first-order chi connectivity index (χ1) is 6.00. The molecule has 1 aromatic rings. The zero-order valence-corrected chi connectivity index (χ0v) is 6.30. The zero-order chi connectivity index (χ0) is 10.0. The van der Waals surface area contributed by atoms with E-state index in [0.717, 1.165) is 6.07 Å². The summed E-state index contributed by atoms with van der Waals surface area (Å²) in [6.07, 6.45) is -2.85. The minimum atomic E-state index is -2.85. The van der Waals surface area contributed by atoms with Gasteiger partial charge in [-0.1, -0.05) is 0 Å². The number of nitrogens with zero attached hydrogens (tertiary/aromatic N) is 1. The molecule has 0 aromatic carbocycles. The summed E-state index contributed by atoms with van der Waals surface area (Å²) in [6, 6.07) is 1.31. The van der Waals surface area contributed by atoms with Gasteiger partial charge in [-0.25, -0.2) is 13.8 Å². The van der Waals surface area contributed by atoms with Crippen molar-refractivity contribution in [1.82, 2.24) is 4.98 Å². The van der Waals surface area contributed by atoms with E-state index >= 15 is 0 Å². The number of hydrogen-bond acceptors (Lipinski definition) is 2. The summed E-state index contributed by atoms with van der Waals surface area (Å²) in [7, 11) is 0. The molecule has 70 valence electrons. The van der Waals surface area contributed by atoms with Crippen LogP contribution in [0.2, 0.25) is 0 Å². The van der Waals surface area contributed by atoms with Gasteiger partial charge in [0.2, 0.25) is 5.95 Å². The van der Waals surface area contributed by atoms with Gasteiger partial charge >= 0.3 is 0 Å². The minimum absolute atomic E-state index is 0.504. The first-order valence-corrected chi connectivity index (χ1v) is 3.26. The lowest BCUT2D eigenvalue weighted by atomic mass is 10.2. The van der Waals surface area contributed by atoms with Crippen molar-refractivity contribution in [3.63, 3.8) is 0 Å². The molecule has 13 heavy (non-hydrogen) atoms. The van der Waals surface area contributed by atoms with Gasteiger partial charge in [0.25, 0.3) is 12.3 Å². The van der Waals surface area contributed by atoms with Crippen molar-refractivity contribution in [1.29, 1.82) is 0 Å². The average Bonchev–Trinajstić information content (AvgIpc) is 2.03. The molecule has 1 aromatic heterocycles. The molecule has 2 N–H and O–H groups in total. The van der Waals surface area contributed by atoms with Crippen LogP contribution in [0.4, 0.5) is 13.2 Å². The molecule has 0 unspecified atom stereocenters. The van der Waals surface area contributed by atoms with E-state index in [4.69, 9.17) is 5.73 Å². The number of pyridine rings is 1. The summed E-state index contributed by atoms with van der Waals surface area (Å²) in [6.45, 7) is 0. The minimum Gasteiger partial charge on any atom is -0.364 e. The lowest BCUT2D eigenvalue weighted by Crippen LogP contribution is -2.14. The molecule has 0 atom stereocenters. The van der Waals surface area contributed by atoms with Gasteiger partial charge in [-0.15, -0.1) is 0 Å². The Morgan fingerprint density at radius 2 is 2.08 bits per heavy atom. The molecule has 0 aliphatic carbocycles. The summed E-state index contributed by atoms with van der Waals surface area (Å²) >= 11 is 0. The van der Waals surface area contributed by atoms with Crippen LogP contribution in [0.3, 0.4) is 0 Å². The van der Waals surface area contributed by atoms with E-state index in [1.54, 1.807) is 0 Å². The molecule has 0 radical (unpaired) electrons. The Hall–Kier alpha value is -1.59. The number of carbonyl (C=O) groups is 1. The SMILES string of the molecule is NC(=O)c1cc(C(F)F)cc(F)n1. The highest BCUT2D eigenvalue weighted by Crippen LogP contribution is 2.19. The fourth-order valence-electron chi connectivity index (χ4n) is 0.769. The second-order valence-electron chi connectivity index (χ2n) is 2.27.